The largest absolute Gasteiger partial charge is 0.265 e. The highest BCUT2D eigenvalue weighted by Crippen LogP contribution is 1.94. The molecule has 2 heterocycles. The van der Waals surface area contributed by atoms with Crippen molar-refractivity contribution in [2.24, 2.45) is 0 Å². The number of hydrogen-bond acceptors (Lipinski definition) is 2. The van der Waals surface area contributed by atoms with Gasteiger partial charge in [0.25, 0.3) is 0 Å². The molecule has 0 aromatic carbocycles. The smallest absolute Gasteiger partial charge is 0.113 e. The van der Waals surface area contributed by atoms with E-state index in [1.54, 1.807) is 18.6 Å². The molecule has 0 unspecified atom stereocenters. The molecule has 2 heteroatoms. The van der Waals surface area contributed by atoms with Crippen molar-refractivity contribution in [1.29, 1.82) is 0 Å². The molecule has 0 spiro atoms. The van der Waals surface area contributed by atoms with Crippen molar-refractivity contribution in [1.82, 2.24) is 9.97 Å². The first-order chi connectivity index (χ1) is 6.95. The van der Waals surface area contributed by atoms with E-state index in [4.69, 9.17) is 0 Å². The fourth-order valence-electron chi connectivity index (χ4n) is 1.01. The van der Waals surface area contributed by atoms with Gasteiger partial charge in [0.15, 0.2) is 0 Å². The second kappa shape index (κ2) is 4.20. The van der Waals surface area contributed by atoms with Gasteiger partial charge in [-0.1, -0.05) is 12.0 Å². The van der Waals surface area contributed by atoms with Gasteiger partial charge >= 0.3 is 0 Å². The number of hydrogen-bond donors (Lipinski definition) is 0. The molecule has 0 bridgehead atoms. The van der Waals surface area contributed by atoms with Gasteiger partial charge in [-0.15, -0.1) is 0 Å². The Bertz CT molecular complexity index is 408. The Morgan fingerprint density at radius 3 is 2.43 bits per heavy atom. The summed E-state index contributed by atoms with van der Waals surface area (Å²) in [6.45, 7) is 0. The van der Waals surface area contributed by atoms with Crippen molar-refractivity contribution in [2.75, 3.05) is 0 Å². The standard InChI is InChI=1S/C12H8N2/c1-2-8-14-12(3-1)5-4-11-6-9-13-10-7-11/h1-3,6-10H. The number of rotatable bonds is 0. The summed E-state index contributed by atoms with van der Waals surface area (Å²) in [5, 5.41) is 0. The Hall–Kier alpha value is -2.14. The monoisotopic (exact) mass is 180 g/mol. The van der Waals surface area contributed by atoms with Crippen LogP contribution in [0.4, 0.5) is 0 Å². The van der Waals surface area contributed by atoms with Crippen LogP contribution in [0.5, 0.6) is 0 Å². The molecular weight excluding hydrogens is 172 g/mol. The van der Waals surface area contributed by atoms with E-state index in [2.05, 4.69) is 21.8 Å². The summed E-state index contributed by atoms with van der Waals surface area (Å²) < 4.78 is 0. The maximum absolute atomic E-state index is 4.10. The van der Waals surface area contributed by atoms with Crippen LogP contribution in [0, 0.1) is 11.8 Å². The van der Waals surface area contributed by atoms with Crippen LogP contribution in [0.2, 0.25) is 0 Å². The zero-order chi connectivity index (χ0) is 9.64. The van der Waals surface area contributed by atoms with Crippen LogP contribution in [-0.4, -0.2) is 9.97 Å². The summed E-state index contributed by atoms with van der Waals surface area (Å²) in [7, 11) is 0. The molecule has 2 nitrogen and oxygen atoms in total. The van der Waals surface area contributed by atoms with Crippen molar-refractivity contribution in [3.63, 3.8) is 0 Å². The van der Waals surface area contributed by atoms with Crippen LogP contribution in [0.1, 0.15) is 11.3 Å². The molecule has 0 aliphatic carbocycles. The van der Waals surface area contributed by atoms with Gasteiger partial charge in [0.05, 0.1) is 0 Å². The van der Waals surface area contributed by atoms with Crippen molar-refractivity contribution in [3.8, 4) is 11.8 Å². The third-order valence-corrected chi connectivity index (χ3v) is 1.68. The van der Waals surface area contributed by atoms with Gasteiger partial charge in [0, 0.05) is 24.2 Å². The Morgan fingerprint density at radius 2 is 1.71 bits per heavy atom. The van der Waals surface area contributed by atoms with E-state index < -0.39 is 0 Å². The Morgan fingerprint density at radius 1 is 0.857 bits per heavy atom. The summed E-state index contributed by atoms with van der Waals surface area (Å²) in [6, 6.07) is 9.42. The third kappa shape index (κ3) is 2.18. The molecular formula is C12H8N2. The van der Waals surface area contributed by atoms with Gasteiger partial charge in [-0.2, -0.15) is 0 Å². The average Bonchev–Trinajstić information content (AvgIpc) is 2.29. The normalized spacial score (nSPS) is 8.86. The average molecular weight is 180 g/mol. The van der Waals surface area contributed by atoms with Crippen LogP contribution in [0.3, 0.4) is 0 Å². The highest BCUT2D eigenvalue weighted by atomic mass is 14.6. The fourth-order valence-corrected chi connectivity index (χ4v) is 1.01. The molecule has 2 rings (SSSR count). The second-order valence-electron chi connectivity index (χ2n) is 2.70. The molecule has 0 N–H and O–H groups in total. The van der Waals surface area contributed by atoms with Crippen molar-refractivity contribution < 1.29 is 0 Å². The molecule has 2 aromatic rings. The molecule has 0 saturated carbocycles. The van der Waals surface area contributed by atoms with E-state index in [1.165, 1.54) is 0 Å². The van der Waals surface area contributed by atoms with Crippen LogP contribution in [-0.2, 0) is 0 Å². The Labute approximate surface area is 82.7 Å². The summed E-state index contributed by atoms with van der Waals surface area (Å²) in [6.07, 6.45) is 5.18. The van der Waals surface area contributed by atoms with Crippen LogP contribution in [0.15, 0.2) is 48.9 Å². The summed E-state index contributed by atoms with van der Waals surface area (Å²) in [4.78, 5) is 8.02. The summed E-state index contributed by atoms with van der Waals surface area (Å²) >= 11 is 0. The minimum absolute atomic E-state index is 0.782. The zero-order valence-corrected chi connectivity index (χ0v) is 7.51. The lowest BCUT2D eigenvalue weighted by molar-refractivity contribution is 1.29. The molecule has 0 aliphatic heterocycles. The maximum Gasteiger partial charge on any atom is 0.113 e. The zero-order valence-electron chi connectivity index (χ0n) is 7.51. The first-order valence-electron chi connectivity index (χ1n) is 4.28. The predicted molar refractivity (Wildman–Crippen MR) is 54.5 cm³/mol. The number of pyridine rings is 2. The van der Waals surface area contributed by atoms with E-state index in [0.717, 1.165) is 11.3 Å². The molecule has 0 radical (unpaired) electrons. The van der Waals surface area contributed by atoms with Crippen LogP contribution in [0.25, 0.3) is 0 Å². The highest BCUT2D eigenvalue weighted by Gasteiger charge is 1.84. The van der Waals surface area contributed by atoms with Gasteiger partial charge in [-0.3, -0.25) is 4.98 Å². The number of aromatic nitrogens is 2. The SMILES string of the molecule is C(#Cc1ccccn1)c1ccncc1. The van der Waals surface area contributed by atoms with E-state index in [9.17, 15) is 0 Å². The topological polar surface area (TPSA) is 25.8 Å². The first-order valence-corrected chi connectivity index (χ1v) is 4.28. The quantitative estimate of drug-likeness (QED) is 0.578. The minimum atomic E-state index is 0.782. The maximum atomic E-state index is 4.10. The third-order valence-electron chi connectivity index (χ3n) is 1.68. The lowest BCUT2D eigenvalue weighted by Crippen LogP contribution is -1.79. The van der Waals surface area contributed by atoms with Crippen molar-refractivity contribution in [3.05, 3.63) is 60.2 Å². The molecule has 0 fully saturated rings. The molecule has 66 valence electrons. The van der Waals surface area contributed by atoms with E-state index in [-0.39, 0.29) is 0 Å². The molecule has 2 aromatic heterocycles. The Kier molecular flexibility index (Phi) is 2.54. The predicted octanol–water partition coefficient (Wildman–Crippen LogP) is 1.88. The minimum Gasteiger partial charge on any atom is -0.265 e. The molecule has 14 heavy (non-hydrogen) atoms. The van der Waals surface area contributed by atoms with Crippen LogP contribution >= 0.6 is 0 Å². The summed E-state index contributed by atoms with van der Waals surface area (Å²) in [5.74, 6) is 5.98. The molecule has 0 amide bonds. The molecule has 0 atom stereocenters. The van der Waals surface area contributed by atoms with E-state index in [1.807, 2.05) is 30.3 Å². The lowest BCUT2D eigenvalue weighted by atomic mass is 10.2. The second-order valence-corrected chi connectivity index (χ2v) is 2.70. The van der Waals surface area contributed by atoms with Crippen LogP contribution < -0.4 is 0 Å². The van der Waals surface area contributed by atoms with E-state index >= 15 is 0 Å². The van der Waals surface area contributed by atoms with Gasteiger partial charge in [-0.05, 0) is 30.2 Å². The van der Waals surface area contributed by atoms with Gasteiger partial charge < -0.3 is 0 Å². The first kappa shape index (κ1) is 8.46. The highest BCUT2D eigenvalue weighted by molar-refractivity contribution is 5.38. The van der Waals surface area contributed by atoms with Gasteiger partial charge in [0.2, 0.25) is 0 Å². The Balaban J connectivity index is 2.24. The number of nitrogens with zero attached hydrogens (tertiary/aromatic N) is 2. The van der Waals surface area contributed by atoms with Crippen molar-refractivity contribution in [2.45, 2.75) is 0 Å². The van der Waals surface area contributed by atoms with Gasteiger partial charge in [0.1, 0.15) is 5.69 Å². The lowest BCUT2D eigenvalue weighted by Gasteiger charge is -1.87. The fraction of sp³-hybridized carbons (Fsp3) is 0. The summed E-state index contributed by atoms with van der Waals surface area (Å²) in [5.41, 5.74) is 1.73. The van der Waals surface area contributed by atoms with E-state index in [0.29, 0.717) is 0 Å². The molecule has 0 saturated heterocycles. The molecule has 0 aliphatic rings. The van der Waals surface area contributed by atoms with Crippen molar-refractivity contribution >= 4 is 0 Å². The van der Waals surface area contributed by atoms with Gasteiger partial charge in [-0.25, -0.2) is 4.98 Å².